The summed E-state index contributed by atoms with van der Waals surface area (Å²) in [6.45, 7) is 2.19. The SMILES string of the molecule is COc1ccc(CNC(=O)CC(c2ccc(F)c(C)c2)C2CC2)cc1OC. The van der Waals surface area contributed by atoms with Crippen LogP contribution in [0.4, 0.5) is 4.39 Å². The highest BCUT2D eigenvalue weighted by molar-refractivity contribution is 5.77. The molecule has 0 aromatic heterocycles. The van der Waals surface area contributed by atoms with Crippen molar-refractivity contribution in [1.29, 1.82) is 0 Å². The minimum Gasteiger partial charge on any atom is -0.493 e. The molecule has 2 aromatic rings. The largest absolute Gasteiger partial charge is 0.493 e. The van der Waals surface area contributed by atoms with E-state index in [9.17, 15) is 9.18 Å². The summed E-state index contributed by atoms with van der Waals surface area (Å²) in [6, 6.07) is 10.8. The predicted octanol–water partition coefficient (Wildman–Crippen LogP) is 4.35. The van der Waals surface area contributed by atoms with Crippen LogP contribution >= 0.6 is 0 Å². The van der Waals surface area contributed by atoms with Crippen LogP contribution in [0.15, 0.2) is 36.4 Å². The first-order valence-electron chi connectivity index (χ1n) is 9.25. The minimum atomic E-state index is -0.203. The number of amides is 1. The van der Waals surface area contributed by atoms with Crippen LogP contribution in [0.2, 0.25) is 0 Å². The van der Waals surface area contributed by atoms with E-state index in [1.807, 2.05) is 30.3 Å². The molecule has 4 nitrogen and oxygen atoms in total. The van der Waals surface area contributed by atoms with Gasteiger partial charge >= 0.3 is 0 Å². The van der Waals surface area contributed by atoms with Gasteiger partial charge in [-0.2, -0.15) is 0 Å². The smallest absolute Gasteiger partial charge is 0.220 e. The zero-order chi connectivity index (χ0) is 19.4. The Kier molecular flexibility index (Phi) is 5.99. The van der Waals surface area contributed by atoms with E-state index in [1.54, 1.807) is 21.1 Å². The van der Waals surface area contributed by atoms with Gasteiger partial charge in [-0.1, -0.05) is 18.2 Å². The Morgan fingerprint density at radius 1 is 1.15 bits per heavy atom. The molecule has 1 saturated carbocycles. The molecule has 0 spiro atoms. The van der Waals surface area contributed by atoms with E-state index in [0.29, 0.717) is 35.9 Å². The van der Waals surface area contributed by atoms with Crippen LogP contribution in [0.5, 0.6) is 11.5 Å². The number of benzene rings is 2. The Morgan fingerprint density at radius 2 is 1.89 bits per heavy atom. The van der Waals surface area contributed by atoms with E-state index in [0.717, 1.165) is 24.0 Å². The van der Waals surface area contributed by atoms with Crippen LogP contribution < -0.4 is 14.8 Å². The fourth-order valence-corrected chi connectivity index (χ4v) is 3.42. The lowest BCUT2D eigenvalue weighted by molar-refractivity contribution is -0.121. The molecule has 0 bridgehead atoms. The number of nitrogens with one attached hydrogen (secondary N) is 1. The lowest BCUT2D eigenvalue weighted by Gasteiger charge is -2.17. The molecule has 2 aromatic carbocycles. The second-order valence-corrected chi connectivity index (χ2v) is 7.12. The van der Waals surface area contributed by atoms with Gasteiger partial charge in [0.15, 0.2) is 11.5 Å². The molecule has 3 rings (SSSR count). The first kappa shape index (κ1) is 19.2. The van der Waals surface area contributed by atoms with Crippen LogP contribution in [0.1, 0.15) is 41.9 Å². The third kappa shape index (κ3) is 4.79. The maximum Gasteiger partial charge on any atom is 0.220 e. The number of ether oxygens (including phenoxy) is 2. The third-order valence-electron chi connectivity index (χ3n) is 5.14. The van der Waals surface area contributed by atoms with Crippen LogP contribution in [0.3, 0.4) is 0 Å². The molecule has 1 aliphatic carbocycles. The lowest BCUT2D eigenvalue weighted by Crippen LogP contribution is -2.25. The topological polar surface area (TPSA) is 47.6 Å². The van der Waals surface area contributed by atoms with Crippen molar-refractivity contribution >= 4 is 5.91 Å². The molecule has 0 heterocycles. The van der Waals surface area contributed by atoms with Crippen molar-refractivity contribution in [3.63, 3.8) is 0 Å². The van der Waals surface area contributed by atoms with Gasteiger partial charge in [-0.05, 0) is 66.5 Å². The number of hydrogen-bond donors (Lipinski definition) is 1. The summed E-state index contributed by atoms with van der Waals surface area (Å²) in [5.74, 6) is 1.77. The number of methoxy groups -OCH3 is 2. The van der Waals surface area contributed by atoms with E-state index in [-0.39, 0.29) is 17.6 Å². The second kappa shape index (κ2) is 8.42. The maximum absolute atomic E-state index is 13.6. The first-order valence-corrected chi connectivity index (χ1v) is 9.25. The number of aryl methyl sites for hydroxylation is 1. The standard InChI is InChI=1S/C22H26FNO3/c1-14-10-17(7-8-19(14)23)18(16-5-6-16)12-22(25)24-13-15-4-9-20(26-2)21(11-15)27-3/h4,7-11,16,18H,5-6,12-13H2,1-3H3,(H,24,25). The number of halogens is 1. The van der Waals surface area contributed by atoms with Gasteiger partial charge in [0, 0.05) is 13.0 Å². The van der Waals surface area contributed by atoms with E-state index < -0.39 is 0 Å². The van der Waals surface area contributed by atoms with Crippen molar-refractivity contribution in [1.82, 2.24) is 5.32 Å². The second-order valence-electron chi connectivity index (χ2n) is 7.12. The van der Waals surface area contributed by atoms with E-state index in [4.69, 9.17) is 9.47 Å². The van der Waals surface area contributed by atoms with Gasteiger partial charge in [-0.25, -0.2) is 4.39 Å². The summed E-state index contributed by atoms with van der Waals surface area (Å²) < 4.78 is 24.1. The predicted molar refractivity (Wildman–Crippen MR) is 103 cm³/mol. The Bertz CT molecular complexity index is 817. The molecular formula is C22H26FNO3. The molecular weight excluding hydrogens is 345 g/mol. The van der Waals surface area contributed by atoms with Gasteiger partial charge in [-0.15, -0.1) is 0 Å². The molecule has 1 unspecified atom stereocenters. The van der Waals surface area contributed by atoms with E-state index >= 15 is 0 Å². The van der Waals surface area contributed by atoms with Gasteiger partial charge in [0.25, 0.3) is 0 Å². The van der Waals surface area contributed by atoms with Crippen LogP contribution in [-0.4, -0.2) is 20.1 Å². The highest BCUT2D eigenvalue weighted by Gasteiger charge is 2.33. The Balaban J connectivity index is 1.62. The maximum atomic E-state index is 13.6. The van der Waals surface area contributed by atoms with Gasteiger partial charge < -0.3 is 14.8 Å². The quantitative estimate of drug-likeness (QED) is 0.750. The average Bonchev–Trinajstić information content (AvgIpc) is 3.51. The molecule has 1 fully saturated rings. The Labute approximate surface area is 159 Å². The summed E-state index contributed by atoms with van der Waals surface area (Å²) in [5, 5.41) is 2.99. The molecule has 1 N–H and O–H groups in total. The molecule has 0 saturated heterocycles. The molecule has 0 radical (unpaired) electrons. The lowest BCUT2D eigenvalue weighted by atomic mass is 9.89. The van der Waals surface area contributed by atoms with Gasteiger partial charge in [0.05, 0.1) is 14.2 Å². The molecule has 1 aliphatic rings. The summed E-state index contributed by atoms with van der Waals surface area (Å²) >= 11 is 0. The number of carbonyl (C=O) groups excluding carboxylic acids is 1. The number of carbonyl (C=O) groups is 1. The van der Waals surface area contributed by atoms with Gasteiger partial charge in [0.2, 0.25) is 5.91 Å². The van der Waals surface area contributed by atoms with Gasteiger partial charge in [-0.3, -0.25) is 4.79 Å². The van der Waals surface area contributed by atoms with Crippen LogP contribution in [0.25, 0.3) is 0 Å². The summed E-state index contributed by atoms with van der Waals surface area (Å²) in [6.07, 6.45) is 2.68. The van der Waals surface area contributed by atoms with Crippen molar-refractivity contribution in [2.24, 2.45) is 5.92 Å². The fraction of sp³-hybridized carbons (Fsp3) is 0.409. The normalized spacial score (nSPS) is 14.5. The van der Waals surface area contributed by atoms with Crippen molar-refractivity contribution < 1.29 is 18.7 Å². The van der Waals surface area contributed by atoms with Crippen molar-refractivity contribution in [3.8, 4) is 11.5 Å². The highest BCUT2D eigenvalue weighted by Crippen LogP contribution is 2.44. The molecule has 27 heavy (non-hydrogen) atoms. The highest BCUT2D eigenvalue weighted by atomic mass is 19.1. The van der Waals surface area contributed by atoms with Crippen molar-refractivity contribution in [2.75, 3.05) is 14.2 Å². The monoisotopic (exact) mass is 371 g/mol. The molecule has 1 amide bonds. The molecule has 0 aliphatic heterocycles. The minimum absolute atomic E-state index is 0.00339. The number of hydrogen-bond acceptors (Lipinski definition) is 3. The third-order valence-corrected chi connectivity index (χ3v) is 5.14. The first-order chi connectivity index (χ1) is 13.0. The van der Waals surface area contributed by atoms with E-state index in [1.165, 1.54) is 6.07 Å². The van der Waals surface area contributed by atoms with Crippen molar-refractivity contribution in [2.45, 2.75) is 38.6 Å². The van der Waals surface area contributed by atoms with Crippen LogP contribution in [-0.2, 0) is 11.3 Å². The Morgan fingerprint density at radius 3 is 2.52 bits per heavy atom. The van der Waals surface area contributed by atoms with E-state index in [2.05, 4.69) is 5.32 Å². The van der Waals surface area contributed by atoms with Crippen LogP contribution in [0, 0.1) is 18.7 Å². The molecule has 144 valence electrons. The summed E-state index contributed by atoms with van der Waals surface area (Å²) in [4.78, 5) is 12.5. The summed E-state index contributed by atoms with van der Waals surface area (Å²) in [7, 11) is 3.18. The molecule has 1 atom stereocenters. The number of rotatable bonds is 8. The fourth-order valence-electron chi connectivity index (χ4n) is 3.42. The molecule has 5 heteroatoms. The summed E-state index contributed by atoms with van der Waals surface area (Å²) in [5.41, 5.74) is 2.63. The van der Waals surface area contributed by atoms with Gasteiger partial charge in [0.1, 0.15) is 5.82 Å². The zero-order valence-corrected chi connectivity index (χ0v) is 16.0. The van der Waals surface area contributed by atoms with Crippen molar-refractivity contribution in [3.05, 3.63) is 58.9 Å². The average molecular weight is 371 g/mol. The zero-order valence-electron chi connectivity index (χ0n) is 16.0. The Hall–Kier alpha value is -2.56.